The van der Waals surface area contributed by atoms with Crippen LogP contribution in [-0.4, -0.2) is 44.7 Å². The van der Waals surface area contributed by atoms with E-state index >= 15 is 0 Å². The van der Waals surface area contributed by atoms with E-state index in [9.17, 15) is 13.2 Å². The lowest BCUT2D eigenvalue weighted by atomic mass is 10.2. The maximum absolute atomic E-state index is 11.8. The van der Waals surface area contributed by atoms with Gasteiger partial charge in [-0.2, -0.15) is 4.72 Å². The number of nitrogens with one attached hydrogen (secondary N) is 2. The molecule has 0 fully saturated rings. The van der Waals surface area contributed by atoms with Crippen molar-refractivity contribution in [3.05, 3.63) is 29.8 Å². The highest BCUT2D eigenvalue weighted by Gasteiger charge is 2.08. The Morgan fingerprint density at radius 3 is 2.81 bits per heavy atom. The second-order valence-electron chi connectivity index (χ2n) is 3.82. The summed E-state index contributed by atoms with van der Waals surface area (Å²) < 4.78 is 28.5. The molecule has 0 saturated carbocycles. The zero-order chi connectivity index (χ0) is 15.9. The Hall–Kier alpha value is -1.21. The fraction of sp³-hybridized carbons (Fsp3) is 0.300. The van der Waals surface area contributed by atoms with Gasteiger partial charge in [-0.1, -0.05) is 6.07 Å². The Kier molecular flexibility index (Phi) is 7.04. The largest absolute Gasteiger partial charge is 0.338 e. The number of amides is 1. The van der Waals surface area contributed by atoms with E-state index in [2.05, 4.69) is 19.4 Å². The first-order valence-corrected chi connectivity index (χ1v) is 8.18. The Labute approximate surface area is 126 Å². The van der Waals surface area contributed by atoms with E-state index in [0.29, 0.717) is 15.7 Å². The van der Waals surface area contributed by atoms with Crippen LogP contribution in [0.25, 0.3) is 0 Å². The van der Waals surface area contributed by atoms with Crippen molar-refractivity contribution < 1.29 is 27.7 Å². The quantitative estimate of drug-likeness (QED) is 0.265. The van der Waals surface area contributed by atoms with Crippen molar-refractivity contribution in [1.82, 2.24) is 15.3 Å². The summed E-state index contributed by atoms with van der Waals surface area (Å²) in [5, 5.41) is 11.5. The number of rotatable bonds is 8. The van der Waals surface area contributed by atoms with Gasteiger partial charge in [-0.3, -0.25) is 10.0 Å². The van der Waals surface area contributed by atoms with Crippen LogP contribution in [0, 0.1) is 0 Å². The van der Waals surface area contributed by atoms with Crippen molar-refractivity contribution in [2.45, 2.75) is 4.90 Å². The van der Waals surface area contributed by atoms with Crippen molar-refractivity contribution in [2.75, 3.05) is 20.0 Å². The van der Waals surface area contributed by atoms with Crippen LogP contribution in [0.2, 0.25) is 0 Å². The van der Waals surface area contributed by atoms with Crippen LogP contribution in [0.1, 0.15) is 10.4 Å². The molecule has 1 rings (SSSR count). The van der Waals surface area contributed by atoms with Gasteiger partial charge in [-0.15, -0.1) is 9.32 Å². The number of carbonyl (C=O) groups is 1. The minimum atomic E-state index is -3.36. The standard InChI is InChI=1S/C10H15N3O6S2/c1-13(15)18-19-20-9-5-3-4-8(6-9)10(14)11-7-12-21(2,16)17/h3-6,12,15H,7H2,1-2H3,(H,11,14). The van der Waals surface area contributed by atoms with Crippen LogP contribution in [0.5, 0.6) is 0 Å². The van der Waals surface area contributed by atoms with E-state index in [4.69, 9.17) is 5.21 Å². The molecule has 1 aromatic carbocycles. The Morgan fingerprint density at radius 1 is 1.48 bits per heavy atom. The smallest absolute Gasteiger partial charge is 0.252 e. The minimum absolute atomic E-state index is 0.204. The molecule has 0 aliphatic heterocycles. The molecule has 0 radical (unpaired) electrons. The van der Waals surface area contributed by atoms with Crippen molar-refractivity contribution in [3.63, 3.8) is 0 Å². The third kappa shape index (κ3) is 7.96. The summed E-state index contributed by atoms with van der Waals surface area (Å²) in [4.78, 5) is 16.7. The molecule has 3 N–H and O–H groups in total. The van der Waals surface area contributed by atoms with Crippen LogP contribution < -0.4 is 10.0 Å². The van der Waals surface area contributed by atoms with Gasteiger partial charge < -0.3 is 5.32 Å². The summed E-state index contributed by atoms with van der Waals surface area (Å²) in [6, 6.07) is 6.35. The van der Waals surface area contributed by atoms with Crippen molar-refractivity contribution in [2.24, 2.45) is 0 Å². The second-order valence-corrected chi connectivity index (χ2v) is 6.42. The zero-order valence-electron chi connectivity index (χ0n) is 11.3. The van der Waals surface area contributed by atoms with Crippen molar-refractivity contribution in [1.29, 1.82) is 0 Å². The number of sulfonamides is 1. The molecular weight excluding hydrogens is 322 g/mol. The lowest BCUT2D eigenvalue weighted by Crippen LogP contribution is -2.36. The molecule has 0 aliphatic carbocycles. The Bertz CT molecular complexity index is 578. The van der Waals surface area contributed by atoms with Gasteiger partial charge in [0.1, 0.15) is 0 Å². The summed E-state index contributed by atoms with van der Waals surface area (Å²) in [7, 11) is -2.14. The van der Waals surface area contributed by atoms with Gasteiger partial charge >= 0.3 is 0 Å². The van der Waals surface area contributed by atoms with Crippen LogP contribution in [-0.2, 0) is 19.3 Å². The number of carbonyl (C=O) groups excluding carboxylic acids is 1. The molecule has 0 bridgehead atoms. The van der Waals surface area contributed by atoms with Gasteiger partial charge in [0.05, 0.1) is 25.0 Å². The molecule has 1 aromatic rings. The molecule has 21 heavy (non-hydrogen) atoms. The molecule has 0 spiro atoms. The van der Waals surface area contributed by atoms with Gasteiger partial charge in [-0.05, 0) is 23.4 Å². The maximum atomic E-state index is 11.8. The van der Waals surface area contributed by atoms with Gasteiger partial charge in [0.15, 0.2) is 0 Å². The SMILES string of the molecule is CN(O)OOSc1cccc(C(=O)NCNS(C)(=O)=O)c1. The van der Waals surface area contributed by atoms with E-state index in [0.717, 1.165) is 18.3 Å². The third-order valence-corrected chi connectivity index (χ3v) is 3.19. The predicted molar refractivity (Wildman–Crippen MR) is 74.3 cm³/mol. The van der Waals surface area contributed by atoms with E-state index in [-0.39, 0.29) is 6.67 Å². The van der Waals surface area contributed by atoms with E-state index in [1.54, 1.807) is 18.2 Å². The number of hydroxylamine groups is 2. The molecule has 0 aliphatic rings. The number of benzene rings is 1. The monoisotopic (exact) mass is 337 g/mol. The number of nitrogens with zero attached hydrogens (tertiary/aromatic N) is 1. The summed E-state index contributed by atoms with van der Waals surface area (Å²) in [5.74, 6) is -0.450. The molecule has 11 heteroatoms. The van der Waals surface area contributed by atoms with Crippen LogP contribution in [0.3, 0.4) is 0 Å². The molecule has 0 saturated heterocycles. The van der Waals surface area contributed by atoms with E-state index < -0.39 is 15.9 Å². The van der Waals surface area contributed by atoms with Crippen LogP contribution in [0.15, 0.2) is 29.2 Å². The molecule has 9 nitrogen and oxygen atoms in total. The van der Waals surface area contributed by atoms with Crippen molar-refractivity contribution >= 4 is 28.0 Å². The lowest BCUT2D eigenvalue weighted by molar-refractivity contribution is -0.455. The van der Waals surface area contributed by atoms with Gasteiger partial charge in [-0.25, -0.2) is 8.42 Å². The third-order valence-electron chi connectivity index (χ3n) is 1.95. The van der Waals surface area contributed by atoms with Gasteiger partial charge in [0.25, 0.3) is 5.91 Å². The molecule has 118 valence electrons. The fourth-order valence-corrected chi connectivity index (χ4v) is 1.98. The molecule has 0 unspecified atom stereocenters. The highest BCUT2D eigenvalue weighted by atomic mass is 32.2. The highest BCUT2D eigenvalue weighted by Crippen LogP contribution is 2.20. The lowest BCUT2D eigenvalue weighted by Gasteiger charge is -2.08. The number of hydrogen-bond donors (Lipinski definition) is 3. The first-order valence-electron chi connectivity index (χ1n) is 5.55. The highest BCUT2D eigenvalue weighted by molar-refractivity contribution is 7.94. The molecular formula is C10H15N3O6S2. The van der Waals surface area contributed by atoms with Crippen molar-refractivity contribution in [3.8, 4) is 0 Å². The minimum Gasteiger partial charge on any atom is -0.338 e. The Balaban J connectivity index is 2.52. The molecule has 0 atom stereocenters. The first kappa shape index (κ1) is 17.8. The topological polar surface area (TPSA) is 117 Å². The normalized spacial score (nSPS) is 11.6. The first-order chi connectivity index (χ1) is 9.78. The van der Waals surface area contributed by atoms with Gasteiger partial charge in [0, 0.05) is 17.5 Å². The van der Waals surface area contributed by atoms with Crippen LogP contribution in [0.4, 0.5) is 0 Å². The second kappa shape index (κ2) is 8.29. The van der Waals surface area contributed by atoms with E-state index in [1.165, 1.54) is 13.1 Å². The predicted octanol–water partition coefficient (Wildman–Crippen LogP) is 0.114. The number of hydrogen-bond acceptors (Lipinski definition) is 8. The molecule has 0 aromatic heterocycles. The van der Waals surface area contributed by atoms with Crippen LogP contribution >= 0.6 is 12.0 Å². The summed E-state index contributed by atoms with van der Waals surface area (Å²) in [6.07, 6.45) is 0.992. The van der Waals surface area contributed by atoms with E-state index in [1.807, 2.05) is 0 Å². The Morgan fingerprint density at radius 2 is 2.19 bits per heavy atom. The molecule has 0 heterocycles. The fourth-order valence-electron chi connectivity index (χ4n) is 1.14. The zero-order valence-corrected chi connectivity index (χ0v) is 12.9. The van der Waals surface area contributed by atoms with Gasteiger partial charge in [0.2, 0.25) is 10.0 Å². The average Bonchev–Trinajstić information content (AvgIpc) is 2.37. The summed E-state index contributed by atoms with van der Waals surface area (Å²) in [5.41, 5.74) is 0.316. The summed E-state index contributed by atoms with van der Waals surface area (Å²) in [6.45, 7) is -0.204. The summed E-state index contributed by atoms with van der Waals surface area (Å²) >= 11 is 0.793. The molecule has 1 amide bonds. The maximum Gasteiger partial charge on any atom is 0.252 e. The average molecular weight is 337 g/mol.